The third-order valence-corrected chi connectivity index (χ3v) is 5.91. The molecule has 4 bridgehead atoms. The molecule has 19 heavy (non-hydrogen) atoms. The standard InChI is InChI=1S/C16H27NO2/c1-10(2)19-14(18)15(3,17)16-7-11-4-12(8-16)6-13(5-11)9-16/h10-13H,4-9,17H2,1-3H3. The van der Waals surface area contributed by atoms with E-state index in [-0.39, 0.29) is 17.5 Å². The van der Waals surface area contributed by atoms with Crippen LogP contribution in [0.5, 0.6) is 0 Å². The molecule has 0 saturated heterocycles. The first-order valence-corrected chi connectivity index (χ1v) is 7.82. The number of hydrogen-bond donors (Lipinski definition) is 1. The van der Waals surface area contributed by atoms with Crippen molar-refractivity contribution in [2.75, 3.05) is 0 Å². The van der Waals surface area contributed by atoms with E-state index in [1.54, 1.807) is 0 Å². The van der Waals surface area contributed by atoms with Crippen molar-refractivity contribution in [3.05, 3.63) is 0 Å². The molecule has 0 spiro atoms. The number of ether oxygens (including phenoxy) is 1. The molecule has 4 fully saturated rings. The fourth-order valence-corrected chi connectivity index (χ4v) is 5.30. The van der Waals surface area contributed by atoms with E-state index in [4.69, 9.17) is 10.5 Å². The van der Waals surface area contributed by atoms with Gasteiger partial charge in [0.1, 0.15) is 5.54 Å². The van der Waals surface area contributed by atoms with E-state index < -0.39 is 5.54 Å². The van der Waals surface area contributed by atoms with Gasteiger partial charge in [0.25, 0.3) is 0 Å². The van der Waals surface area contributed by atoms with Crippen LogP contribution in [0.3, 0.4) is 0 Å². The van der Waals surface area contributed by atoms with Crippen LogP contribution in [0, 0.1) is 23.2 Å². The first kappa shape index (κ1) is 13.4. The van der Waals surface area contributed by atoms with Crippen LogP contribution in [-0.4, -0.2) is 17.6 Å². The molecule has 0 radical (unpaired) electrons. The number of nitrogens with two attached hydrogens (primary N) is 1. The van der Waals surface area contributed by atoms with Crippen molar-refractivity contribution >= 4 is 5.97 Å². The van der Waals surface area contributed by atoms with Gasteiger partial charge in [0, 0.05) is 0 Å². The molecule has 2 N–H and O–H groups in total. The van der Waals surface area contributed by atoms with E-state index in [1.807, 2.05) is 20.8 Å². The Bertz CT molecular complexity index is 351. The van der Waals surface area contributed by atoms with E-state index in [0.29, 0.717) is 0 Å². The summed E-state index contributed by atoms with van der Waals surface area (Å²) in [7, 11) is 0. The van der Waals surface area contributed by atoms with Crippen LogP contribution >= 0.6 is 0 Å². The topological polar surface area (TPSA) is 52.3 Å². The van der Waals surface area contributed by atoms with Gasteiger partial charge in [-0.15, -0.1) is 0 Å². The van der Waals surface area contributed by atoms with Crippen LogP contribution in [0.1, 0.15) is 59.3 Å². The summed E-state index contributed by atoms with van der Waals surface area (Å²) in [5, 5.41) is 0. The van der Waals surface area contributed by atoms with Gasteiger partial charge in [-0.05, 0) is 82.5 Å². The van der Waals surface area contributed by atoms with Crippen molar-refractivity contribution in [1.29, 1.82) is 0 Å². The van der Waals surface area contributed by atoms with Crippen molar-refractivity contribution in [2.24, 2.45) is 28.9 Å². The summed E-state index contributed by atoms with van der Waals surface area (Å²) in [6, 6.07) is 0. The highest BCUT2D eigenvalue weighted by Crippen LogP contribution is 2.63. The predicted molar refractivity (Wildman–Crippen MR) is 74.4 cm³/mol. The molecule has 0 amide bonds. The predicted octanol–water partition coefficient (Wildman–Crippen LogP) is 2.87. The lowest BCUT2D eigenvalue weighted by atomic mass is 9.45. The van der Waals surface area contributed by atoms with E-state index >= 15 is 0 Å². The number of carbonyl (C=O) groups excluding carboxylic acids is 1. The average Bonchev–Trinajstić information content (AvgIpc) is 2.25. The van der Waals surface area contributed by atoms with Gasteiger partial charge in [-0.1, -0.05) is 0 Å². The van der Waals surface area contributed by atoms with Gasteiger partial charge in [-0.25, -0.2) is 0 Å². The highest BCUT2D eigenvalue weighted by Gasteiger charge is 2.60. The SMILES string of the molecule is CC(C)OC(=O)C(C)(N)C12CC3CC(CC(C3)C1)C2. The van der Waals surface area contributed by atoms with Crippen LogP contribution in [0.2, 0.25) is 0 Å². The monoisotopic (exact) mass is 265 g/mol. The summed E-state index contributed by atoms with van der Waals surface area (Å²) in [6.07, 6.45) is 7.44. The average molecular weight is 265 g/mol. The third kappa shape index (κ3) is 2.01. The number of esters is 1. The summed E-state index contributed by atoms with van der Waals surface area (Å²) < 4.78 is 5.44. The minimum absolute atomic E-state index is 0.00766. The van der Waals surface area contributed by atoms with Crippen LogP contribution in [0.4, 0.5) is 0 Å². The first-order valence-electron chi connectivity index (χ1n) is 7.82. The maximum absolute atomic E-state index is 12.4. The molecular weight excluding hydrogens is 238 g/mol. The lowest BCUT2D eigenvalue weighted by Crippen LogP contribution is -2.65. The molecule has 1 atom stereocenters. The Morgan fingerprint density at radius 3 is 1.95 bits per heavy atom. The molecule has 0 aromatic carbocycles. The molecular formula is C16H27NO2. The Balaban J connectivity index is 1.85. The number of carbonyl (C=O) groups is 1. The van der Waals surface area contributed by atoms with E-state index in [2.05, 4.69) is 0 Å². The smallest absolute Gasteiger partial charge is 0.326 e. The maximum Gasteiger partial charge on any atom is 0.326 e. The molecule has 0 aromatic rings. The lowest BCUT2D eigenvalue weighted by Gasteiger charge is -2.61. The Morgan fingerprint density at radius 2 is 1.58 bits per heavy atom. The van der Waals surface area contributed by atoms with Gasteiger partial charge in [-0.3, -0.25) is 4.79 Å². The number of rotatable bonds is 3. The number of hydrogen-bond acceptors (Lipinski definition) is 3. The molecule has 4 saturated carbocycles. The Labute approximate surface area is 116 Å². The van der Waals surface area contributed by atoms with E-state index in [9.17, 15) is 4.79 Å². The zero-order valence-corrected chi connectivity index (χ0v) is 12.4. The molecule has 4 aliphatic carbocycles. The third-order valence-electron chi connectivity index (χ3n) is 5.91. The Hall–Kier alpha value is -0.570. The van der Waals surface area contributed by atoms with Crippen molar-refractivity contribution in [1.82, 2.24) is 0 Å². The van der Waals surface area contributed by atoms with Crippen molar-refractivity contribution in [3.8, 4) is 0 Å². The van der Waals surface area contributed by atoms with Gasteiger partial charge in [-0.2, -0.15) is 0 Å². The van der Waals surface area contributed by atoms with Gasteiger partial charge in [0.15, 0.2) is 0 Å². The molecule has 0 aromatic heterocycles. The lowest BCUT2D eigenvalue weighted by molar-refractivity contribution is -0.170. The minimum Gasteiger partial charge on any atom is -0.462 e. The van der Waals surface area contributed by atoms with Crippen LogP contribution < -0.4 is 5.73 Å². The summed E-state index contributed by atoms with van der Waals surface area (Å²) in [6.45, 7) is 5.71. The molecule has 108 valence electrons. The summed E-state index contributed by atoms with van der Waals surface area (Å²) >= 11 is 0. The van der Waals surface area contributed by atoms with E-state index in [1.165, 1.54) is 19.3 Å². The zero-order chi connectivity index (χ0) is 13.8. The first-order chi connectivity index (χ1) is 8.82. The second-order valence-corrected chi connectivity index (χ2v) is 7.85. The highest BCUT2D eigenvalue weighted by molar-refractivity contribution is 5.81. The van der Waals surface area contributed by atoms with Crippen LogP contribution in [0.15, 0.2) is 0 Å². The van der Waals surface area contributed by atoms with Crippen LogP contribution in [0.25, 0.3) is 0 Å². The molecule has 1 unspecified atom stereocenters. The van der Waals surface area contributed by atoms with Gasteiger partial charge < -0.3 is 10.5 Å². The van der Waals surface area contributed by atoms with Crippen molar-refractivity contribution in [3.63, 3.8) is 0 Å². The summed E-state index contributed by atoms with van der Waals surface area (Å²) in [4.78, 5) is 12.4. The molecule has 0 heterocycles. The second-order valence-electron chi connectivity index (χ2n) is 7.85. The molecule has 3 nitrogen and oxygen atoms in total. The molecule has 0 aliphatic heterocycles. The molecule has 4 aliphatic rings. The van der Waals surface area contributed by atoms with E-state index in [0.717, 1.165) is 37.0 Å². The molecule has 4 rings (SSSR count). The fraction of sp³-hybridized carbons (Fsp3) is 0.938. The largest absolute Gasteiger partial charge is 0.462 e. The molecule has 3 heteroatoms. The Morgan fingerprint density at radius 1 is 1.16 bits per heavy atom. The maximum atomic E-state index is 12.4. The fourth-order valence-electron chi connectivity index (χ4n) is 5.30. The highest BCUT2D eigenvalue weighted by atomic mass is 16.5. The summed E-state index contributed by atoms with van der Waals surface area (Å²) in [5.74, 6) is 2.23. The van der Waals surface area contributed by atoms with Gasteiger partial charge in [0.05, 0.1) is 6.10 Å². The van der Waals surface area contributed by atoms with Crippen LogP contribution in [-0.2, 0) is 9.53 Å². The second kappa shape index (κ2) is 4.21. The minimum atomic E-state index is -0.812. The summed E-state index contributed by atoms with van der Waals surface area (Å²) in [5.41, 5.74) is 5.73. The van der Waals surface area contributed by atoms with Crippen molar-refractivity contribution in [2.45, 2.75) is 70.9 Å². The quantitative estimate of drug-likeness (QED) is 0.798. The van der Waals surface area contributed by atoms with Gasteiger partial charge >= 0.3 is 5.97 Å². The van der Waals surface area contributed by atoms with Gasteiger partial charge in [0.2, 0.25) is 0 Å². The normalized spacial score (nSPS) is 43.3. The Kier molecular flexibility index (Phi) is 2.97. The van der Waals surface area contributed by atoms with Crippen molar-refractivity contribution < 1.29 is 9.53 Å². The zero-order valence-electron chi connectivity index (χ0n) is 12.4.